The number of aryl methyl sites for hydroxylation is 2. The van der Waals surface area contributed by atoms with Crippen molar-refractivity contribution in [3.05, 3.63) is 40.6 Å². The van der Waals surface area contributed by atoms with Crippen LogP contribution in [-0.2, 0) is 4.79 Å². The smallest absolute Gasteiger partial charge is 0.229 e. The number of ketones is 1. The van der Waals surface area contributed by atoms with Crippen LogP contribution in [0.5, 0.6) is 0 Å². The van der Waals surface area contributed by atoms with Crippen molar-refractivity contribution < 1.29 is 9.59 Å². The molecule has 4 nitrogen and oxygen atoms in total. The number of anilines is 1. The number of hydrogen-bond acceptors (Lipinski definition) is 3. The summed E-state index contributed by atoms with van der Waals surface area (Å²) in [5.41, 5.74) is 3.81. The molecule has 1 N–H and O–H groups in total. The molecule has 0 fully saturated rings. The average molecular weight is 258 g/mol. The zero-order valence-electron chi connectivity index (χ0n) is 11.7. The van der Waals surface area contributed by atoms with Gasteiger partial charge in [0.15, 0.2) is 5.78 Å². The summed E-state index contributed by atoms with van der Waals surface area (Å²) in [7, 11) is 3.68. The van der Waals surface area contributed by atoms with Crippen LogP contribution in [0.4, 0.5) is 5.69 Å². The van der Waals surface area contributed by atoms with Gasteiger partial charge in [-0.05, 0) is 37.1 Å². The van der Waals surface area contributed by atoms with Crippen molar-refractivity contribution >= 4 is 17.4 Å². The molecule has 100 valence electrons. The fraction of sp³-hybridized carbons (Fsp3) is 0.333. The van der Waals surface area contributed by atoms with E-state index in [1.54, 1.807) is 11.1 Å². The van der Waals surface area contributed by atoms with E-state index in [2.05, 4.69) is 5.32 Å². The fourth-order valence-electron chi connectivity index (χ4n) is 2.14. The largest absolute Gasteiger partial charge is 0.383 e. The molecule has 2 rings (SSSR count). The first-order valence-corrected chi connectivity index (χ1v) is 6.21. The molecule has 1 aromatic rings. The first-order chi connectivity index (χ1) is 8.88. The molecule has 0 atom stereocenters. The van der Waals surface area contributed by atoms with Crippen molar-refractivity contribution in [3.8, 4) is 0 Å². The number of nitrogens with one attached hydrogen (secondary N) is 1. The summed E-state index contributed by atoms with van der Waals surface area (Å²) in [5.74, 6) is -0.228. The average Bonchev–Trinajstić information content (AvgIpc) is 2.40. The van der Waals surface area contributed by atoms with Gasteiger partial charge >= 0.3 is 0 Å². The van der Waals surface area contributed by atoms with Crippen molar-refractivity contribution in [3.63, 3.8) is 0 Å². The lowest BCUT2D eigenvalue weighted by Crippen LogP contribution is -2.12. The Bertz CT molecular complexity index is 586. The van der Waals surface area contributed by atoms with E-state index in [0.717, 1.165) is 11.1 Å². The van der Waals surface area contributed by atoms with E-state index >= 15 is 0 Å². The number of rotatable bonds is 1. The summed E-state index contributed by atoms with van der Waals surface area (Å²) in [6, 6.07) is 3.71. The van der Waals surface area contributed by atoms with Crippen LogP contribution < -0.4 is 5.32 Å². The molecular weight excluding hydrogens is 240 g/mol. The predicted octanol–water partition coefficient (Wildman–Crippen LogP) is 2.27. The number of Topliss-reactive ketones (excluding diaryl/α,β-unsaturated/α-hetero) is 1. The zero-order chi connectivity index (χ0) is 14.2. The summed E-state index contributed by atoms with van der Waals surface area (Å²) in [6.07, 6.45) is 1.83. The van der Waals surface area contributed by atoms with Gasteiger partial charge in [0.2, 0.25) is 5.91 Å². The Morgan fingerprint density at radius 3 is 2.42 bits per heavy atom. The third-order valence-electron chi connectivity index (χ3n) is 3.21. The third kappa shape index (κ3) is 2.67. The van der Waals surface area contributed by atoms with Crippen LogP contribution >= 0.6 is 0 Å². The van der Waals surface area contributed by atoms with E-state index in [0.29, 0.717) is 16.8 Å². The Morgan fingerprint density at radius 2 is 1.79 bits per heavy atom. The summed E-state index contributed by atoms with van der Waals surface area (Å²) in [6.45, 7) is 3.93. The summed E-state index contributed by atoms with van der Waals surface area (Å²) >= 11 is 0. The first-order valence-electron chi connectivity index (χ1n) is 6.21. The summed E-state index contributed by atoms with van der Waals surface area (Å²) in [5, 5.41) is 2.80. The Labute approximate surface area is 113 Å². The standard InChI is InChI=1S/C15H18N2O2/c1-9-5-12-13(6-10(9)2)16-14(18)7-11(15(12)19)8-17(3)4/h5-6,8H,7H2,1-4H3,(H,16,18). The highest BCUT2D eigenvalue weighted by molar-refractivity contribution is 6.18. The molecule has 1 aliphatic rings. The molecule has 0 radical (unpaired) electrons. The van der Waals surface area contributed by atoms with Crippen molar-refractivity contribution in [2.75, 3.05) is 19.4 Å². The molecule has 0 saturated carbocycles. The monoisotopic (exact) mass is 258 g/mol. The van der Waals surface area contributed by atoms with Gasteiger partial charge in [-0.25, -0.2) is 0 Å². The maximum absolute atomic E-state index is 12.5. The number of nitrogens with zero attached hydrogens (tertiary/aromatic N) is 1. The number of carbonyl (C=O) groups is 2. The minimum atomic E-state index is -0.150. The molecule has 0 unspecified atom stereocenters. The molecule has 1 aromatic carbocycles. The van der Waals surface area contributed by atoms with Crippen LogP contribution in [0.1, 0.15) is 27.9 Å². The van der Waals surface area contributed by atoms with Gasteiger partial charge in [-0.15, -0.1) is 0 Å². The Hall–Kier alpha value is -2.10. The number of amides is 1. The zero-order valence-corrected chi connectivity index (χ0v) is 11.7. The Kier molecular flexibility index (Phi) is 3.42. The molecule has 1 aliphatic heterocycles. The minimum absolute atomic E-state index is 0.0786. The number of fused-ring (bicyclic) bond motifs is 1. The van der Waals surface area contributed by atoms with Gasteiger partial charge in [-0.2, -0.15) is 0 Å². The normalized spacial score (nSPS) is 16.9. The van der Waals surface area contributed by atoms with Crippen LogP contribution in [0.25, 0.3) is 0 Å². The molecule has 0 aromatic heterocycles. The molecule has 1 amide bonds. The molecule has 19 heavy (non-hydrogen) atoms. The van der Waals surface area contributed by atoms with Gasteiger partial charge in [0.05, 0.1) is 12.1 Å². The van der Waals surface area contributed by atoms with Crippen molar-refractivity contribution in [1.82, 2.24) is 4.90 Å². The second-order valence-corrected chi connectivity index (χ2v) is 5.15. The van der Waals surface area contributed by atoms with Crippen molar-refractivity contribution in [2.45, 2.75) is 20.3 Å². The van der Waals surface area contributed by atoms with Gasteiger partial charge in [0.25, 0.3) is 0 Å². The quantitative estimate of drug-likeness (QED) is 0.786. The van der Waals surface area contributed by atoms with Crippen molar-refractivity contribution in [1.29, 1.82) is 0 Å². The SMILES string of the molecule is Cc1cc2c(cc1C)C(=O)C(=CN(C)C)CC(=O)N2. The topological polar surface area (TPSA) is 49.4 Å². The second-order valence-electron chi connectivity index (χ2n) is 5.15. The molecule has 4 heteroatoms. The molecule has 1 heterocycles. The number of carbonyl (C=O) groups excluding carboxylic acids is 2. The number of benzene rings is 1. The van der Waals surface area contributed by atoms with E-state index < -0.39 is 0 Å². The highest BCUT2D eigenvalue weighted by Gasteiger charge is 2.24. The second kappa shape index (κ2) is 4.88. The maximum atomic E-state index is 12.5. The number of hydrogen-bond donors (Lipinski definition) is 1. The predicted molar refractivity (Wildman–Crippen MR) is 75.3 cm³/mol. The molecule has 0 bridgehead atoms. The van der Waals surface area contributed by atoms with Gasteiger partial charge in [0, 0.05) is 31.4 Å². The van der Waals surface area contributed by atoms with Crippen LogP contribution in [0.15, 0.2) is 23.9 Å². The minimum Gasteiger partial charge on any atom is -0.383 e. The summed E-state index contributed by atoms with van der Waals surface area (Å²) < 4.78 is 0. The Morgan fingerprint density at radius 1 is 1.16 bits per heavy atom. The highest BCUT2D eigenvalue weighted by Crippen LogP contribution is 2.27. The molecule has 0 aliphatic carbocycles. The van der Waals surface area contributed by atoms with E-state index in [1.165, 1.54) is 0 Å². The Balaban J connectivity index is 2.58. The van der Waals surface area contributed by atoms with Crippen LogP contribution in [0.2, 0.25) is 0 Å². The molecular formula is C15H18N2O2. The van der Waals surface area contributed by atoms with Gasteiger partial charge in [-0.1, -0.05) is 0 Å². The van der Waals surface area contributed by atoms with E-state index in [-0.39, 0.29) is 18.1 Å². The molecule has 0 spiro atoms. The van der Waals surface area contributed by atoms with Crippen LogP contribution in [0.3, 0.4) is 0 Å². The van der Waals surface area contributed by atoms with Gasteiger partial charge in [-0.3, -0.25) is 9.59 Å². The lowest BCUT2D eigenvalue weighted by Gasteiger charge is -2.10. The fourth-order valence-corrected chi connectivity index (χ4v) is 2.14. The lowest BCUT2D eigenvalue weighted by atomic mass is 9.98. The lowest BCUT2D eigenvalue weighted by molar-refractivity contribution is -0.115. The third-order valence-corrected chi connectivity index (χ3v) is 3.21. The van der Waals surface area contributed by atoms with Crippen molar-refractivity contribution in [2.24, 2.45) is 0 Å². The van der Waals surface area contributed by atoms with E-state index in [1.807, 2.05) is 40.1 Å². The van der Waals surface area contributed by atoms with Gasteiger partial charge < -0.3 is 10.2 Å². The van der Waals surface area contributed by atoms with E-state index in [9.17, 15) is 9.59 Å². The maximum Gasteiger partial charge on any atom is 0.229 e. The van der Waals surface area contributed by atoms with Crippen LogP contribution in [-0.4, -0.2) is 30.7 Å². The van der Waals surface area contributed by atoms with Gasteiger partial charge in [0.1, 0.15) is 0 Å². The first kappa shape index (κ1) is 13.3. The van der Waals surface area contributed by atoms with E-state index in [4.69, 9.17) is 0 Å². The highest BCUT2D eigenvalue weighted by atomic mass is 16.2. The molecule has 0 saturated heterocycles. The summed E-state index contributed by atoms with van der Waals surface area (Å²) in [4.78, 5) is 26.1. The van der Waals surface area contributed by atoms with Crippen LogP contribution in [0, 0.1) is 13.8 Å².